The summed E-state index contributed by atoms with van der Waals surface area (Å²) in [6, 6.07) is 16.5. The van der Waals surface area contributed by atoms with Crippen molar-refractivity contribution < 1.29 is 14.6 Å². The van der Waals surface area contributed by atoms with Gasteiger partial charge in [0.15, 0.2) is 0 Å². The minimum atomic E-state index is -0.465. The maximum atomic E-state index is 12.5. The van der Waals surface area contributed by atoms with E-state index < -0.39 is 6.04 Å². The number of benzene rings is 2. The van der Waals surface area contributed by atoms with Gasteiger partial charge in [0.05, 0.1) is 24.9 Å². The number of aliphatic hydroxyl groups is 1. The lowest BCUT2D eigenvalue weighted by atomic mass is 10.1. The largest absolute Gasteiger partial charge is 0.493 e. The molecule has 0 unspecified atom stereocenters. The van der Waals surface area contributed by atoms with Crippen LogP contribution in [0.2, 0.25) is 0 Å². The molecule has 2 heterocycles. The molecule has 2 aromatic carbocycles. The summed E-state index contributed by atoms with van der Waals surface area (Å²) >= 11 is 0. The lowest BCUT2D eigenvalue weighted by Crippen LogP contribution is -2.31. The van der Waals surface area contributed by atoms with Gasteiger partial charge in [-0.05, 0) is 35.4 Å². The summed E-state index contributed by atoms with van der Waals surface area (Å²) in [5.41, 5.74) is 3.99. The van der Waals surface area contributed by atoms with Crippen molar-refractivity contribution in [3.63, 3.8) is 0 Å². The number of amides is 1. The van der Waals surface area contributed by atoms with Crippen LogP contribution in [0.4, 0.5) is 0 Å². The fourth-order valence-corrected chi connectivity index (χ4v) is 3.09. The smallest absolute Gasteiger partial charge is 0.269 e. The summed E-state index contributed by atoms with van der Waals surface area (Å²) in [4.78, 5) is 12.5. The third kappa shape index (κ3) is 3.19. The molecule has 1 amide bonds. The van der Waals surface area contributed by atoms with Gasteiger partial charge in [0.25, 0.3) is 5.91 Å². The first kappa shape index (κ1) is 16.4. The number of H-pyrrole nitrogens is 1. The number of carbonyl (C=O) groups is 1. The first-order valence-corrected chi connectivity index (χ1v) is 8.53. The number of aromatic nitrogens is 2. The second kappa shape index (κ2) is 7.01. The number of aromatic amines is 1. The van der Waals surface area contributed by atoms with Crippen molar-refractivity contribution in [1.29, 1.82) is 0 Å². The number of rotatable bonds is 5. The van der Waals surface area contributed by atoms with Crippen LogP contribution in [-0.4, -0.2) is 34.4 Å². The second-order valence-corrected chi connectivity index (χ2v) is 6.21. The molecular formula is C20H19N3O3. The van der Waals surface area contributed by atoms with Gasteiger partial charge in [0.1, 0.15) is 11.4 Å². The number of ether oxygens (including phenoxy) is 1. The Bertz CT molecular complexity index is 921. The van der Waals surface area contributed by atoms with Crippen LogP contribution in [0.3, 0.4) is 0 Å². The van der Waals surface area contributed by atoms with Crippen molar-refractivity contribution in [1.82, 2.24) is 15.5 Å². The van der Waals surface area contributed by atoms with Crippen molar-refractivity contribution >= 4 is 5.91 Å². The highest BCUT2D eigenvalue weighted by Gasteiger charge is 2.18. The molecular weight excluding hydrogens is 330 g/mol. The van der Waals surface area contributed by atoms with Gasteiger partial charge in [-0.2, -0.15) is 5.10 Å². The molecule has 6 nitrogen and oxygen atoms in total. The fourth-order valence-electron chi connectivity index (χ4n) is 3.09. The zero-order chi connectivity index (χ0) is 17.9. The summed E-state index contributed by atoms with van der Waals surface area (Å²) in [5, 5.41) is 19.4. The maximum Gasteiger partial charge on any atom is 0.269 e. The highest BCUT2D eigenvalue weighted by Crippen LogP contribution is 2.30. The number of aliphatic hydroxyl groups excluding tert-OH is 1. The molecule has 0 saturated heterocycles. The zero-order valence-corrected chi connectivity index (χ0v) is 14.1. The highest BCUT2D eigenvalue weighted by molar-refractivity contribution is 5.93. The van der Waals surface area contributed by atoms with Crippen LogP contribution >= 0.6 is 0 Å². The number of nitrogens with zero attached hydrogens (tertiary/aromatic N) is 1. The van der Waals surface area contributed by atoms with Crippen LogP contribution in [0.5, 0.6) is 5.75 Å². The summed E-state index contributed by atoms with van der Waals surface area (Å²) in [6.07, 6.45) is 0.885. The standard InChI is InChI=1S/C20H19N3O3/c24-12-18(13-4-2-1-3-5-13)21-20(25)17-11-16(22-23-17)14-6-7-19-15(10-14)8-9-26-19/h1-7,10-11,18,24H,8-9,12H2,(H,21,25)(H,22,23)/t18-/m1/s1. The second-order valence-electron chi connectivity index (χ2n) is 6.21. The van der Waals surface area contributed by atoms with Gasteiger partial charge in [-0.25, -0.2) is 0 Å². The van der Waals surface area contributed by atoms with Crippen LogP contribution in [-0.2, 0) is 6.42 Å². The fraction of sp³-hybridized carbons (Fsp3) is 0.200. The molecule has 132 valence electrons. The Kier molecular flexibility index (Phi) is 4.41. The van der Waals surface area contributed by atoms with E-state index >= 15 is 0 Å². The van der Waals surface area contributed by atoms with Crippen molar-refractivity contribution in [3.05, 3.63) is 71.4 Å². The summed E-state index contributed by atoms with van der Waals surface area (Å²) in [6.45, 7) is 0.524. The molecule has 4 rings (SSSR count). The Labute approximate surface area is 150 Å². The molecule has 1 atom stereocenters. The molecule has 3 N–H and O–H groups in total. The van der Waals surface area contributed by atoms with E-state index in [0.717, 1.165) is 28.9 Å². The number of fused-ring (bicyclic) bond motifs is 1. The van der Waals surface area contributed by atoms with Crippen molar-refractivity contribution in [2.24, 2.45) is 0 Å². The van der Waals surface area contributed by atoms with Crippen molar-refractivity contribution in [3.8, 4) is 17.0 Å². The first-order valence-electron chi connectivity index (χ1n) is 8.53. The van der Waals surface area contributed by atoms with E-state index in [1.807, 2.05) is 48.5 Å². The summed E-state index contributed by atoms with van der Waals surface area (Å²) in [5.74, 6) is 0.604. The molecule has 0 saturated carbocycles. The molecule has 26 heavy (non-hydrogen) atoms. The number of nitrogens with one attached hydrogen (secondary N) is 2. The molecule has 6 heteroatoms. The Hall–Kier alpha value is -3.12. The van der Waals surface area contributed by atoms with E-state index in [1.54, 1.807) is 6.07 Å². The third-order valence-electron chi connectivity index (χ3n) is 4.50. The topological polar surface area (TPSA) is 87.2 Å². The molecule has 0 fully saturated rings. The Morgan fingerprint density at radius 3 is 2.88 bits per heavy atom. The van der Waals surface area contributed by atoms with E-state index in [2.05, 4.69) is 15.5 Å². The molecule has 0 spiro atoms. The van der Waals surface area contributed by atoms with Gasteiger partial charge in [-0.3, -0.25) is 9.89 Å². The SMILES string of the molecule is O=C(N[C@H](CO)c1ccccc1)c1cc(-c2ccc3c(c2)CCO3)n[nH]1. The molecule has 3 aromatic rings. The quantitative estimate of drug-likeness (QED) is 0.660. The van der Waals surface area contributed by atoms with E-state index in [0.29, 0.717) is 18.0 Å². The zero-order valence-electron chi connectivity index (χ0n) is 14.1. The molecule has 0 radical (unpaired) electrons. The average molecular weight is 349 g/mol. The maximum absolute atomic E-state index is 12.5. The molecule has 0 bridgehead atoms. The van der Waals surface area contributed by atoms with E-state index in [1.165, 1.54) is 0 Å². The lowest BCUT2D eigenvalue weighted by Gasteiger charge is -2.15. The Morgan fingerprint density at radius 2 is 2.08 bits per heavy atom. The minimum Gasteiger partial charge on any atom is -0.493 e. The van der Waals surface area contributed by atoms with E-state index in [4.69, 9.17) is 4.74 Å². The molecule has 1 aromatic heterocycles. The highest BCUT2D eigenvalue weighted by atomic mass is 16.5. The van der Waals surface area contributed by atoms with Crippen LogP contribution in [0.1, 0.15) is 27.7 Å². The lowest BCUT2D eigenvalue weighted by molar-refractivity contribution is 0.0911. The van der Waals surface area contributed by atoms with Crippen molar-refractivity contribution in [2.45, 2.75) is 12.5 Å². The number of hydrogen-bond donors (Lipinski definition) is 3. The summed E-state index contributed by atoms with van der Waals surface area (Å²) in [7, 11) is 0. The Morgan fingerprint density at radius 1 is 1.23 bits per heavy atom. The first-order chi connectivity index (χ1) is 12.7. The van der Waals surface area contributed by atoms with Gasteiger partial charge < -0.3 is 15.2 Å². The summed E-state index contributed by atoms with van der Waals surface area (Å²) < 4.78 is 5.51. The number of hydrogen-bond acceptors (Lipinski definition) is 4. The van der Waals surface area contributed by atoms with Gasteiger partial charge >= 0.3 is 0 Å². The molecule has 1 aliphatic rings. The van der Waals surface area contributed by atoms with Crippen LogP contribution in [0, 0.1) is 0 Å². The normalized spacial score (nSPS) is 13.7. The molecule has 0 aliphatic carbocycles. The van der Waals surface area contributed by atoms with Crippen LogP contribution in [0.25, 0.3) is 11.3 Å². The van der Waals surface area contributed by atoms with E-state index in [9.17, 15) is 9.90 Å². The third-order valence-corrected chi connectivity index (χ3v) is 4.50. The monoisotopic (exact) mass is 349 g/mol. The Balaban J connectivity index is 1.51. The van der Waals surface area contributed by atoms with Gasteiger partial charge in [0, 0.05) is 12.0 Å². The van der Waals surface area contributed by atoms with E-state index in [-0.39, 0.29) is 12.5 Å². The van der Waals surface area contributed by atoms with Crippen molar-refractivity contribution in [2.75, 3.05) is 13.2 Å². The number of carbonyl (C=O) groups excluding carboxylic acids is 1. The molecule has 1 aliphatic heterocycles. The van der Waals surface area contributed by atoms with Gasteiger partial charge in [-0.15, -0.1) is 0 Å². The van der Waals surface area contributed by atoms with Gasteiger partial charge in [0.2, 0.25) is 0 Å². The predicted octanol–water partition coefficient (Wildman–Crippen LogP) is 2.48. The predicted molar refractivity (Wildman–Crippen MR) is 97.0 cm³/mol. The van der Waals surface area contributed by atoms with Crippen LogP contribution < -0.4 is 10.1 Å². The average Bonchev–Trinajstić information content (AvgIpc) is 3.35. The minimum absolute atomic E-state index is 0.179. The van der Waals surface area contributed by atoms with Crippen LogP contribution in [0.15, 0.2) is 54.6 Å². The van der Waals surface area contributed by atoms with Gasteiger partial charge in [-0.1, -0.05) is 30.3 Å².